The summed E-state index contributed by atoms with van der Waals surface area (Å²) in [6.07, 6.45) is 1.68. The fraction of sp³-hybridized carbons (Fsp3) is 0.294. The van der Waals surface area contributed by atoms with Crippen molar-refractivity contribution in [1.82, 2.24) is 19.6 Å². The Balaban J connectivity index is 1.70. The molecule has 1 aromatic carbocycles. The first kappa shape index (κ1) is 18.8. The van der Waals surface area contributed by atoms with Crippen molar-refractivity contribution in [3.63, 3.8) is 0 Å². The minimum absolute atomic E-state index is 0.0928. The Bertz CT molecular complexity index is 945. The summed E-state index contributed by atoms with van der Waals surface area (Å²) in [6.45, 7) is 5.89. The first-order chi connectivity index (χ1) is 12.5. The van der Waals surface area contributed by atoms with Crippen molar-refractivity contribution in [2.45, 2.75) is 36.4 Å². The SMILES string of the molecule is CC(C)n1nccc1NC(=O)[C@@H](C)Sc1nn(-c2ccccc2)c(=S)s1. The fourth-order valence-corrected chi connectivity index (χ4v) is 4.80. The molecule has 2 aromatic heterocycles. The molecule has 1 atom stereocenters. The summed E-state index contributed by atoms with van der Waals surface area (Å²) >= 11 is 8.20. The number of nitrogens with zero attached hydrogens (tertiary/aromatic N) is 4. The Morgan fingerprint density at radius 2 is 1.96 bits per heavy atom. The van der Waals surface area contributed by atoms with Gasteiger partial charge in [-0.25, -0.2) is 9.36 Å². The zero-order valence-electron chi connectivity index (χ0n) is 14.6. The summed E-state index contributed by atoms with van der Waals surface area (Å²) < 4.78 is 4.92. The molecule has 3 rings (SSSR count). The zero-order chi connectivity index (χ0) is 18.7. The van der Waals surface area contributed by atoms with E-state index in [2.05, 4.69) is 15.5 Å². The van der Waals surface area contributed by atoms with Crippen molar-refractivity contribution in [1.29, 1.82) is 0 Å². The highest BCUT2D eigenvalue weighted by molar-refractivity contribution is 8.02. The third kappa shape index (κ3) is 4.22. The molecule has 0 saturated heterocycles. The number of nitrogens with one attached hydrogen (secondary N) is 1. The smallest absolute Gasteiger partial charge is 0.238 e. The molecule has 0 radical (unpaired) electrons. The predicted octanol–water partition coefficient (Wildman–Crippen LogP) is 4.56. The Kier molecular flexibility index (Phi) is 5.90. The summed E-state index contributed by atoms with van der Waals surface area (Å²) in [6, 6.07) is 11.7. The molecule has 0 bridgehead atoms. The van der Waals surface area contributed by atoms with E-state index in [0.29, 0.717) is 9.77 Å². The maximum atomic E-state index is 12.5. The van der Waals surface area contributed by atoms with Crippen molar-refractivity contribution in [2.75, 3.05) is 5.32 Å². The second kappa shape index (κ2) is 8.15. The molecular formula is C17H19N5OS3. The van der Waals surface area contributed by atoms with Crippen molar-refractivity contribution in [3.05, 3.63) is 46.5 Å². The standard InChI is InChI=1S/C17H19N5OS3/c1-11(2)21-14(9-10-18-21)19-15(23)12(3)25-16-20-22(17(24)26-16)13-7-5-4-6-8-13/h4-12H,1-3H3,(H,19,23)/t12-/m1/s1. The van der Waals surface area contributed by atoms with Crippen LogP contribution in [0, 0.1) is 3.95 Å². The highest BCUT2D eigenvalue weighted by atomic mass is 32.2. The number of hydrogen-bond donors (Lipinski definition) is 1. The second-order valence-corrected chi connectivity index (χ2v) is 9.10. The van der Waals surface area contributed by atoms with E-state index in [0.717, 1.165) is 10.0 Å². The minimum atomic E-state index is -0.310. The van der Waals surface area contributed by atoms with Gasteiger partial charge >= 0.3 is 0 Å². The van der Waals surface area contributed by atoms with E-state index in [1.807, 2.05) is 51.1 Å². The van der Waals surface area contributed by atoms with Gasteiger partial charge in [0, 0.05) is 12.1 Å². The lowest BCUT2D eigenvalue weighted by Gasteiger charge is -2.14. The van der Waals surface area contributed by atoms with Gasteiger partial charge in [-0.05, 0) is 45.1 Å². The predicted molar refractivity (Wildman–Crippen MR) is 109 cm³/mol. The van der Waals surface area contributed by atoms with Gasteiger partial charge in [0.2, 0.25) is 5.91 Å². The Labute approximate surface area is 165 Å². The van der Waals surface area contributed by atoms with E-state index in [-0.39, 0.29) is 17.2 Å². The van der Waals surface area contributed by atoms with Crippen LogP contribution in [-0.2, 0) is 4.79 Å². The third-order valence-corrected chi connectivity index (χ3v) is 6.00. The lowest BCUT2D eigenvalue weighted by Crippen LogP contribution is -2.24. The first-order valence-electron chi connectivity index (χ1n) is 8.12. The maximum Gasteiger partial charge on any atom is 0.238 e. The van der Waals surface area contributed by atoms with Crippen LogP contribution < -0.4 is 5.32 Å². The van der Waals surface area contributed by atoms with E-state index in [1.54, 1.807) is 21.6 Å². The molecule has 0 spiro atoms. The van der Waals surface area contributed by atoms with Crippen LogP contribution in [0.1, 0.15) is 26.8 Å². The van der Waals surface area contributed by atoms with Crippen LogP contribution in [0.4, 0.5) is 5.82 Å². The topological polar surface area (TPSA) is 64.7 Å². The highest BCUT2D eigenvalue weighted by Crippen LogP contribution is 2.28. The number of thioether (sulfide) groups is 1. The Morgan fingerprint density at radius 1 is 1.23 bits per heavy atom. The van der Waals surface area contributed by atoms with Crippen LogP contribution in [0.5, 0.6) is 0 Å². The number of aromatic nitrogens is 4. The number of para-hydroxylation sites is 1. The van der Waals surface area contributed by atoms with Crippen molar-refractivity contribution < 1.29 is 4.79 Å². The average molecular weight is 406 g/mol. The van der Waals surface area contributed by atoms with Crippen LogP contribution in [0.25, 0.3) is 5.69 Å². The van der Waals surface area contributed by atoms with Gasteiger partial charge in [0.15, 0.2) is 8.29 Å². The van der Waals surface area contributed by atoms with Gasteiger partial charge in [-0.15, -0.1) is 5.10 Å². The maximum absolute atomic E-state index is 12.5. The molecule has 1 N–H and O–H groups in total. The van der Waals surface area contributed by atoms with Gasteiger partial charge in [-0.1, -0.05) is 41.3 Å². The number of carbonyl (C=O) groups is 1. The molecule has 0 aliphatic carbocycles. The molecule has 0 aliphatic rings. The van der Waals surface area contributed by atoms with E-state index in [1.165, 1.54) is 23.1 Å². The van der Waals surface area contributed by atoms with Crippen molar-refractivity contribution >= 4 is 47.0 Å². The molecule has 136 valence electrons. The van der Waals surface area contributed by atoms with Crippen LogP contribution in [0.2, 0.25) is 0 Å². The van der Waals surface area contributed by atoms with Crippen LogP contribution in [0.15, 0.2) is 46.9 Å². The normalized spacial score (nSPS) is 12.3. The van der Waals surface area contributed by atoms with Crippen LogP contribution in [-0.4, -0.2) is 30.7 Å². The monoisotopic (exact) mass is 405 g/mol. The van der Waals surface area contributed by atoms with E-state index >= 15 is 0 Å². The molecule has 2 heterocycles. The molecular weight excluding hydrogens is 386 g/mol. The number of hydrogen-bond acceptors (Lipinski definition) is 6. The Hall–Kier alpha value is -1.97. The van der Waals surface area contributed by atoms with Crippen LogP contribution >= 0.6 is 35.3 Å². The van der Waals surface area contributed by atoms with Gasteiger partial charge in [0.1, 0.15) is 5.82 Å². The lowest BCUT2D eigenvalue weighted by molar-refractivity contribution is -0.115. The zero-order valence-corrected chi connectivity index (χ0v) is 17.1. The number of carbonyl (C=O) groups excluding carboxylic acids is 1. The Morgan fingerprint density at radius 3 is 2.65 bits per heavy atom. The molecule has 1 amide bonds. The van der Waals surface area contributed by atoms with Gasteiger partial charge in [0.25, 0.3) is 0 Å². The van der Waals surface area contributed by atoms with Crippen molar-refractivity contribution in [2.24, 2.45) is 0 Å². The number of amides is 1. The van der Waals surface area contributed by atoms with Crippen LogP contribution in [0.3, 0.4) is 0 Å². The average Bonchev–Trinajstić information content (AvgIpc) is 3.22. The molecule has 0 unspecified atom stereocenters. The highest BCUT2D eigenvalue weighted by Gasteiger charge is 2.19. The summed E-state index contributed by atoms with van der Waals surface area (Å²) in [5.74, 6) is 0.602. The van der Waals surface area contributed by atoms with E-state index in [9.17, 15) is 4.79 Å². The van der Waals surface area contributed by atoms with Gasteiger partial charge in [0.05, 0.1) is 17.1 Å². The molecule has 0 fully saturated rings. The summed E-state index contributed by atoms with van der Waals surface area (Å²) in [4.78, 5) is 12.5. The lowest BCUT2D eigenvalue weighted by atomic mass is 10.3. The number of rotatable bonds is 6. The van der Waals surface area contributed by atoms with Gasteiger partial charge in [-0.2, -0.15) is 5.10 Å². The molecule has 0 aliphatic heterocycles. The number of benzene rings is 1. The molecule has 26 heavy (non-hydrogen) atoms. The molecule has 9 heteroatoms. The second-order valence-electron chi connectivity index (χ2n) is 5.89. The number of anilines is 1. The largest absolute Gasteiger partial charge is 0.310 e. The molecule has 0 saturated carbocycles. The quantitative estimate of drug-likeness (QED) is 0.481. The van der Waals surface area contributed by atoms with E-state index < -0.39 is 0 Å². The van der Waals surface area contributed by atoms with E-state index in [4.69, 9.17) is 12.2 Å². The van der Waals surface area contributed by atoms with Gasteiger partial charge < -0.3 is 5.32 Å². The third-order valence-electron chi connectivity index (χ3n) is 3.59. The summed E-state index contributed by atoms with van der Waals surface area (Å²) in [5, 5.41) is 11.4. The van der Waals surface area contributed by atoms with Gasteiger partial charge in [-0.3, -0.25) is 4.79 Å². The summed E-state index contributed by atoms with van der Waals surface area (Å²) in [5.41, 5.74) is 0.915. The fourth-order valence-electron chi connectivity index (χ4n) is 2.30. The van der Waals surface area contributed by atoms with Crippen molar-refractivity contribution in [3.8, 4) is 5.69 Å². The minimum Gasteiger partial charge on any atom is -0.310 e. The first-order valence-corrected chi connectivity index (χ1v) is 10.2. The molecule has 3 aromatic rings. The molecule has 6 nitrogen and oxygen atoms in total. The summed E-state index contributed by atoms with van der Waals surface area (Å²) in [7, 11) is 0.